The average Bonchev–Trinajstić information content (AvgIpc) is 2.55. The Morgan fingerprint density at radius 3 is 2.92 bits per heavy atom. The molecule has 13 heavy (non-hydrogen) atoms. The lowest BCUT2D eigenvalue weighted by Crippen LogP contribution is -1.94. The number of rotatable bonds is 1. The van der Waals surface area contributed by atoms with Gasteiger partial charge in [0.05, 0.1) is 5.02 Å². The van der Waals surface area contributed by atoms with Crippen molar-refractivity contribution in [1.29, 1.82) is 0 Å². The van der Waals surface area contributed by atoms with Crippen LogP contribution in [0.1, 0.15) is 5.69 Å². The highest BCUT2D eigenvalue weighted by atomic mass is 79.9. The summed E-state index contributed by atoms with van der Waals surface area (Å²) in [4.78, 5) is 3.18. The van der Waals surface area contributed by atoms with Crippen LogP contribution in [0.25, 0.3) is 10.9 Å². The Kier molecular flexibility index (Phi) is 2.32. The van der Waals surface area contributed by atoms with Crippen LogP contribution in [0.2, 0.25) is 5.02 Å². The zero-order valence-corrected chi connectivity index (χ0v) is 9.11. The normalized spacial score (nSPS) is 11.0. The highest BCUT2D eigenvalue weighted by Crippen LogP contribution is 2.31. The molecule has 1 aromatic carbocycles. The largest absolute Gasteiger partial charge is 0.357 e. The average molecular weight is 260 g/mol. The molecule has 0 bridgehead atoms. The van der Waals surface area contributed by atoms with Gasteiger partial charge in [-0.25, -0.2) is 0 Å². The van der Waals surface area contributed by atoms with Crippen LogP contribution >= 0.6 is 27.5 Å². The van der Waals surface area contributed by atoms with E-state index in [0.717, 1.165) is 26.1 Å². The fourth-order valence-electron chi connectivity index (χ4n) is 1.31. The number of nitrogens with two attached hydrogens (primary N) is 1. The van der Waals surface area contributed by atoms with Gasteiger partial charge < -0.3 is 10.7 Å². The van der Waals surface area contributed by atoms with E-state index in [2.05, 4.69) is 20.9 Å². The summed E-state index contributed by atoms with van der Waals surface area (Å²) in [6.45, 7) is 0.503. The molecule has 0 unspecified atom stereocenters. The number of halogens is 2. The summed E-state index contributed by atoms with van der Waals surface area (Å²) in [6.07, 6.45) is 0. The Balaban J connectivity index is 2.76. The van der Waals surface area contributed by atoms with Gasteiger partial charge >= 0.3 is 0 Å². The molecule has 3 N–H and O–H groups in total. The summed E-state index contributed by atoms with van der Waals surface area (Å²) in [5, 5.41) is 1.74. The smallest absolute Gasteiger partial charge is 0.0641 e. The van der Waals surface area contributed by atoms with Crippen LogP contribution in [0.15, 0.2) is 22.7 Å². The van der Waals surface area contributed by atoms with Gasteiger partial charge in [-0.1, -0.05) is 11.6 Å². The van der Waals surface area contributed by atoms with Crippen LogP contribution in [-0.4, -0.2) is 4.98 Å². The minimum absolute atomic E-state index is 0.503. The number of benzene rings is 1. The first-order chi connectivity index (χ1) is 6.22. The van der Waals surface area contributed by atoms with Crippen molar-refractivity contribution in [3.05, 3.63) is 33.4 Å². The summed E-state index contributed by atoms with van der Waals surface area (Å²) < 4.78 is 0.907. The molecular formula is C9H8BrClN2. The van der Waals surface area contributed by atoms with Crippen molar-refractivity contribution in [2.75, 3.05) is 0 Å². The number of hydrogen-bond donors (Lipinski definition) is 2. The molecule has 68 valence electrons. The van der Waals surface area contributed by atoms with Gasteiger partial charge in [0.15, 0.2) is 0 Å². The molecule has 1 heterocycles. The Bertz CT molecular complexity index is 450. The molecule has 0 saturated carbocycles. The number of fused-ring (bicyclic) bond motifs is 1. The first-order valence-electron chi connectivity index (χ1n) is 3.88. The summed E-state index contributed by atoms with van der Waals surface area (Å²) in [6, 6.07) is 5.87. The van der Waals surface area contributed by atoms with Crippen molar-refractivity contribution in [2.24, 2.45) is 5.73 Å². The van der Waals surface area contributed by atoms with E-state index >= 15 is 0 Å². The molecule has 2 nitrogen and oxygen atoms in total. The maximum Gasteiger partial charge on any atom is 0.0641 e. The fourth-order valence-corrected chi connectivity index (χ4v) is 1.87. The van der Waals surface area contributed by atoms with Gasteiger partial charge in [-0.3, -0.25) is 0 Å². The van der Waals surface area contributed by atoms with Crippen molar-refractivity contribution >= 4 is 38.4 Å². The SMILES string of the molecule is NCc1cc2c(Cl)c(Br)ccc2[nH]1. The lowest BCUT2D eigenvalue weighted by molar-refractivity contribution is 1.02. The van der Waals surface area contributed by atoms with E-state index in [4.69, 9.17) is 17.3 Å². The number of H-pyrrole nitrogens is 1. The van der Waals surface area contributed by atoms with Crippen LogP contribution in [-0.2, 0) is 6.54 Å². The first-order valence-corrected chi connectivity index (χ1v) is 5.05. The highest BCUT2D eigenvalue weighted by molar-refractivity contribution is 9.10. The van der Waals surface area contributed by atoms with Gasteiger partial charge in [-0.15, -0.1) is 0 Å². The second-order valence-corrected chi connectivity index (χ2v) is 4.05. The van der Waals surface area contributed by atoms with Crippen molar-refractivity contribution in [3.63, 3.8) is 0 Å². The minimum Gasteiger partial charge on any atom is -0.357 e. The van der Waals surface area contributed by atoms with Crippen LogP contribution in [0.5, 0.6) is 0 Å². The summed E-state index contributed by atoms with van der Waals surface area (Å²) >= 11 is 9.46. The molecule has 4 heteroatoms. The predicted molar refractivity (Wildman–Crippen MR) is 58.9 cm³/mol. The van der Waals surface area contributed by atoms with E-state index in [1.165, 1.54) is 0 Å². The number of aromatic amines is 1. The van der Waals surface area contributed by atoms with Crippen molar-refractivity contribution in [1.82, 2.24) is 4.98 Å². The van der Waals surface area contributed by atoms with Crippen molar-refractivity contribution in [2.45, 2.75) is 6.54 Å². The van der Waals surface area contributed by atoms with Gasteiger partial charge in [0, 0.05) is 27.6 Å². The van der Waals surface area contributed by atoms with Gasteiger partial charge in [0.2, 0.25) is 0 Å². The monoisotopic (exact) mass is 258 g/mol. The second-order valence-electron chi connectivity index (χ2n) is 2.82. The second kappa shape index (κ2) is 3.33. The Morgan fingerprint density at radius 1 is 1.46 bits per heavy atom. The Hall–Kier alpha value is -0.510. The predicted octanol–water partition coefficient (Wildman–Crippen LogP) is 3.04. The third-order valence-electron chi connectivity index (χ3n) is 1.97. The third-order valence-corrected chi connectivity index (χ3v) is 3.26. The fraction of sp³-hybridized carbons (Fsp3) is 0.111. The van der Waals surface area contributed by atoms with E-state index in [1.807, 2.05) is 18.2 Å². The maximum atomic E-state index is 6.09. The van der Waals surface area contributed by atoms with E-state index in [9.17, 15) is 0 Å². The van der Waals surface area contributed by atoms with E-state index in [0.29, 0.717) is 6.54 Å². The lowest BCUT2D eigenvalue weighted by atomic mass is 10.2. The van der Waals surface area contributed by atoms with Crippen LogP contribution in [0.4, 0.5) is 0 Å². The molecule has 0 atom stereocenters. The van der Waals surface area contributed by atoms with Crippen LogP contribution in [0.3, 0.4) is 0 Å². The molecule has 0 saturated heterocycles. The maximum absolute atomic E-state index is 6.09. The van der Waals surface area contributed by atoms with Crippen molar-refractivity contribution in [3.8, 4) is 0 Å². The van der Waals surface area contributed by atoms with Gasteiger partial charge in [-0.2, -0.15) is 0 Å². The van der Waals surface area contributed by atoms with E-state index in [-0.39, 0.29) is 0 Å². The quantitative estimate of drug-likeness (QED) is 0.812. The van der Waals surface area contributed by atoms with Crippen LogP contribution < -0.4 is 5.73 Å². The molecule has 2 rings (SSSR count). The molecule has 0 radical (unpaired) electrons. The molecule has 0 fully saturated rings. The third kappa shape index (κ3) is 1.47. The molecule has 0 aliphatic carbocycles. The Morgan fingerprint density at radius 2 is 2.23 bits per heavy atom. The molecule has 0 aliphatic rings. The van der Waals surface area contributed by atoms with Gasteiger partial charge in [0.25, 0.3) is 0 Å². The van der Waals surface area contributed by atoms with Gasteiger partial charge in [0.1, 0.15) is 0 Å². The summed E-state index contributed by atoms with van der Waals surface area (Å²) in [7, 11) is 0. The first kappa shape index (κ1) is 9.06. The van der Waals surface area contributed by atoms with E-state index < -0.39 is 0 Å². The summed E-state index contributed by atoms with van der Waals surface area (Å²) in [5.74, 6) is 0. The lowest BCUT2D eigenvalue weighted by Gasteiger charge is -1.95. The Labute approximate surface area is 89.2 Å². The molecule has 0 spiro atoms. The zero-order chi connectivity index (χ0) is 9.42. The topological polar surface area (TPSA) is 41.8 Å². The summed E-state index contributed by atoms with van der Waals surface area (Å²) in [5.41, 5.74) is 7.53. The van der Waals surface area contributed by atoms with Crippen LogP contribution in [0, 0.1) is 0 Å². The van der Waals surface area contributed by atoms with Crippen molar-refractivity contribution < 1.29 is 0 Å². The van der Waals surface area contributed by atoms with Gasteiger partial charge in [-0.05, 0) is 34.1 Å². The standard InChI is InChI=1S/C9H8BrClN2/c10-7-1-2-8-6(9(7)11)3-5(4-12)13-8/h1-3,13H,4,12H2. The molecule has 2 aromatic rings. The number of nitrogens with one attached hydrogen (secondary N) is 1. The van der Waals surface area contributed by atoms with E-state index in [1.54, 1.807) is 0 Å². The zero-order valence-electron chi connectivity index (χ0n) is 6.77. The highest BCUT2D eigenvalue weighted by Gasteiger charge is 2.05. The molecule has 0 aliphatic heterocycles. The molecule has 1 aromatic heterocycles. The minimum atomic E-state index is 0.503. The number of hydrogen-bond acceptors (Lipinski definition) is 1. The molecule has 0 amide bonds. The number of aromatic nitrogens is 1. The molecular weight excluding hydrogens is 251 g/mol.